The molecular formula is C10H14N4O3. The van der Waals surface area contributed by atoms with Crippen LogP contribution in [0, 0.1) is 6.92 Å². The van der Waals surface area contributed by atoms with Crippen molar-refractivity contribution in [2.45, 2.75) is 19.9 Å². The molecule has 1 amide bonds. The number of carboxylic acids is 1. The maximum absolute atomic E-state index is 11.7. The van der Waals surface area contributed by atoms with E-state index in [9.17, 15) is 9.59 Å². The van der Waals surface area contributed by atoms with Crippen LogP contribution in [-0.4, -0.2) is 40.0 Å². The number of aromatic nitrogens is 2. The van der Waals surface area contributed by atoms with Crippen LogP contribution >= 0.6 is 0 Å². The molecule has 0 saturated heterocycles. The smallest absolute Gasteiger partial charge is 0.325 e. The van der Waals surface area contributed by atoms with Crippen molar-refractivity contribution >= 4 is 17.8 Å². The molecule has 0 aromatic carbocycles. The molecule has 17 heavy (non-hydrogen) atoms. The van der Waals surface area contributed by atoms with Gasteiger partial charge in [-0.25, -0.2) is 9.97 Å². The van der Waals surface area contributed by atoms with Gasteiger partial charge in [0, 0.05) is 12.7 Å². The van der Waals surface area contributed by atoms with Gasteiger partial charge in [0.15, 0.2) is 0 Å². The van der Waals surface area contributed by atoms with Crippen LogP contribution < -0.4 is 10.6 Å². The molecule has 1 aromatic rings. The molecule has 92 valence electrons. The first-order valence-corrected chi connectivity index (χ1v) is 5.01. The molecule has 0 aliphatic heterocycles. The van der Waals surface area contributed by atoms with E-state index in [0.717, 1.165) is 0 Å². The average molecular weight is 238 g/mol. The van der Waals surface area contributed by atoms with E-state index in [1.807, 2.05) is 0 Å². The lowest BCUT2D eigenvalue weighted by molar-refractivity contribution is -0.138. The lowest BCUT2D eigenvalue weighted by atomic mass is 10.3. The summed E-state index contributed by atoms with van der Waals surface area (Å²) in [6.07, 6.45) is 0. The molecule has 1 atom stereocenters. The zero-order valence-corrected chi connectivity index (χ0v) is 9.81. The number of aryl methyl sites for hydroxylation is 1. The Kier molecular flexibility index (Phi) is 3.97. The summed E-state index contributed by atoms with van der Waals surface area (Å²) in [6, 6.07) is 0.529. The van der Waals surface area contributed by atoms with Gasteiger partial charge < -0.3 is 15.7 Å². The normalized spacial score (nSPS) is 11.7. The van der Waals surface area contributed by atoms with Crippen LogP contribution in [0.3, 0.4) is 0 Å². The third-order valence-electron chi connectivity index (χ3n) is 2.03. The molecule has 0 radical (unpaired) electrons. The molecule has 0 unspecified atom stereocenters. The zero-order valence-electron chi connectivity index (χ0n) is 9.81. The van der Waals surface area contributed by atoms with Gasteiger partial charge in [-0.3, -0.25) is 9.59 Å². The summed E-state index contributed by atoms with van der Waals surface area (Å²) in [5, 5.41) is 13.7. The molecule has 0 saturated carbocycles. The van der Waals surface area contributed by atoms with E-state index in [-0.39, 0.29) is 5.69 Å². The van der Waals surface area contributed by atoms with Crippen LogP contribution in [0.5, 0.6) is 0 Å². The molecule has 0 aliphatic rings. The van der Waals surface area contributed by atoms with Gasteiger partial charge in [0.05, 0.1) is 0 Å². The van der Waals surface area contributed by atoms with Crippen molar-refractivity contribution in [2.24, 2.45) is 0 Å². The van der Waals surface area contributed by atoms with E-state index >= 15 is 0 Å². The van der Waals surface area contributed by atoms with Crippen LogP contribution in [0.2, 0.25) is 0 Å². The Morgan fingerprint density at radius 3 is 2.59 bits per heavy atom. The summed E-state index contributed by atoms with van der Waals surface area (Å²) in [5.74, 6) is -1.32. The van der Waals surface area contributed by atoms with E-state index < -0.39 is 17.9 Å². The molecule has 1 heterocycles. The Morgan fingerprint density at radius 1 is 1.41 bits per heavy atom. The van der Waals surface area contributed by atoms with Crippen molar-refractivity contribution in [3.63, 3.8) is 0 Å². The number of rotatable bonds is 4. The molecule has 3 N–H and O–H groups in total. The third-order valence-corrected chi connectivity index (χ3v) is 2.03. The molecule has 0 fully saturated rings. The number of carbonyl (C=O) groups is 2. The molecule has 7 heteroatoms. The van der Waals surface area contributed by atoms with E-state index in [1.165, 1.54) is 13.0 Å². The zero-order chi connectivity index (χ0) is 13.0. The quantitative estimate of drug-likeness (QED) is 0.683. The van der Waals surface area contributed by atoms with Gasteiger partial charge in [-0.2, -0.15) is 0 Å². The van der Waals surface area contributed by atoms with Crippen LogP contribution in [0.1, 0.15) is 23.1 Å². The maximum Gasteiger partial charge on any atom is 0.325 e. The molecule has 1 aromatic heterocycles. The minimum absolute atomic E-state index is 0.134. The van der Waals surface area contributed by atoms with Crippen molar-refractivity contribution in [3.05, 3.63) is 17.5 Å². The van der Waals surface area contributed by atoms with Gasteiger partial charge in [0.2, 0.25) is 5.95 Å². The SMILES string of the molecule is CNc1nc(C)cc(C(=O)N[C@H](C)C(=O)O)n1. The Bertz CT molecular complexity index is 447. The van der Waals surface area contributed by atoms with Crippen LogP contribution in [0.15, 0.2) is 6.07 Å². The summed E-state index contributed by atoms with van der Waals surface area (Å²) >= 11 is 0. The van der Waals surface area contributed by atoms with Crippen molar-refractivity contribution in [1.29, 1.82) is 0 Å². The highest BCUT2D eigenvalue weighted by Gasteiger charge is 2.17. The van der Waals surface area contributed by atoms with Gasteiger partial charge in [-0.05, 0) is 19.9 Å². The number of carbonyl (C=O) groups excluding carboxylic acids is 1. The molecule has 0 spiro atoms. The maximum atomic E-state index is 11.7. The van der Waals surface area contributed by atoms with Crippen molar-refractivity contribution in [1.82, 2.24) is 15.3 Å². The predicted molar refractivity (Wildman–Crippen MR) is 60.9 cm³/mol. The molecule has 1 rings (SSSR count). The monoisotopic (exact) mass is 238 g/mol. The fourth-order valence-corrected chi connectivity index (χ4v) is 1.13. The Morgan fingerprint density at radius 2 is 2.06 bits per heavy atom. The van der Waals surface area contributed by atoms with Gasteiger partial charge in [0.25, 0.3) is 5.91 Å². The van der Waals surface area contributed by atoms with E-state index in [4.69, 9.17) is 5.11 Å². The Hall–Kier alpha value is -2.18. The van der Waals surface area contributed by atoms with Crippen LogP contribution in [0.25, 0.3) is 0 Å². The fourth-order valence-electron chi connectivity index (χ4n) is 1.13. The standard InChI is InChI=1S/C10H14N4O3/c1-5-4-7(14-10(11-3)12-5)8(15)13-6(2)9(16)17/h4,6H,1-3H3,(H,13,15)(H,16,17)(H,11,12,14)/t6-/m1/s1. The largest absolute Gasteiger partial charge is 0.480 e. The highest BCUT2D eigenvalue weighted by atomic mass is 16.4. The summed E-state index contributed by atoms with van der Waals surface area (Å²) in [7, 11) is 1.64. The summed E-state index contributed by atoms with van der Waals surface area (Å²) in [4.78, 5) is 30.3. The second-order valence-electron chi connectivity index (χ2n) is 3.50. The second-order valence-corrected chi connectivity index (χ2v) is 3.50. The second kappa shape index (κ2) is 5.24. The van der Waals surface area contributed by atoms with Crippen LogP contribution in [0.4, 0.5) is 5.95 Å². The lowest BCUT2D eigenvalue weighted by Crippen LogP contribution is -2.38. The Labute approximate surface area is 98.3 Å². The number of aliphatic carboxylic acids is 1. The fraction of sp³-hybridized carbons (Fsp3) is 0.400. The summed E-state index contributed by atoms with van der Waals surface area (Å²) < 4.78 is 0. The van der Waals surface area contributed by atoms with Crippen molar-refractivity contribution in [3.8, 4) is 0 Å². The minimum Gasteiger partial charge on any atom is -0.480 e. The minimum atomic E-state index is -1.10. The number of carboxylic acid groups (broad SMARTS) is 1. The molecule has 0 aliphatic carbocycles. The van der Waals surface area contributed by atoms with Gasteiger partial charge in [-0.15, -0.1) is 0 Å². The van der Waals surface area contributed by atoms with Crippen molar-refractivity contribution < 1.29 is 14.7 Å². The van der Waals surface area contributed by atoms with E-state index in [0.29, 0.717) is 11.6 Å². The Balaban J connectivity index is 2.88. The highest BCUT2D eigenvalue weighted by molar-refractivity contribution is 5.95. The molecule has 7 nitrogen and oxygen atoms in total. The number of anilines is 1. The average Bonchev–Trinajstić information content (AvgIpc) is 2.27. The number of hydrogen-bond acceptors (Lipinski definition) is 5. The number of amides is 1. The van der Waals surface area contributed by atoms with E-state index in [1.54, 1.807) is 14.0 Å². The number of hydrogen-bond donors (Lipinski definition) is 3. The third kappa shape index (κ3) is 3.40. The number of nitrogens with zero attached hydrogens (tertiary/aromatic N) is 2. The first kappa shape index (κ1) is 12.9. The number of nitrogens with one attached hydrogen (secondary N) is 2. The first-order chi connectivity index (χ1) is 7.93. The predicted octanol–water partition coefficient (Wildman–Crippen LogP) is 0.0296. The van der Waals surface area contributed by atoms with Crippen LogP contribution in [-0.2, 0) is 4.79 Å². The van der Waals surface area contributed by atoms with Gasteiger partial charge >= 0.3 is 5.97 Å². The molecule has 0 bridgehead atoms. The van der Waals surface area contributed by atoms with Crippen molar-refractivity contribution in [2.75, 3.05) is 12.4 Å². The summed E-state index contributed by atoms with van der Waals surface area (Å²) in [5.41, 5.74) is 0.757. The highest BCUT2D eigenvalue weighted by Crippen LogP contribution is 2.04. The first-order valence-electron chi connectivity index (χ1n) is 5.01. The molecular weight excluding hydrogens is 224 g/mol. The van der Waals surface area contributed by atoms with Gasteiger partial charge in [0.1, 0.15) is 11.7 Å². The topological polar surface area (TPSA) is 104 Å². The summed E-state index contributed by atoms with van der Waals surface area (Å²) in [6.45, 7) is 3.10. The van der Waals surface area contributed by atoms with E-state index in [2.05, 4.69) is 20.6 Å². The lowest BCUT2D eigenvalue weighted by Gasteiger charge is -2.09. The van der Waals surface area contributed by atoms with Gasteiger partial charge in [-0.1, -0.05) is 0 Å².